The van der Waals surface area contributed by atoms with E-state index in [-0.39, 0.29) is 6.61 Å². The molecule has 0 aliphatic rings. The highest BCUT2D eigenvalue weighted by Crippen LogP contribution is 2.30. The average molecular weight is 320 g/mol. The molecule has 0 bridgehead atoms. The Morgan fingerprint density at radius 3 is 2.42 bits per heavy atom. The lowest BCUT2D eigenvalue weighted by atomic mass is 9.87. The third-order valence-corrected chi connectivity index (χ3v) is 3.90. The first-order valence-electron chi connectivity index (χ1n) is 6.40. The zero-order valence-corrected chi connectivity index (χ0v) is 12.5. The second kappa shape index (κ2) is 6.22. The van der Waals surface area contributed by atoms with Gasteiger partial charge in [-0.2, -0.15) is 0 Å². The Morgan fingerprint density at radius 1 is 1.11 bits per heavy atom. The molecule has 0 saturated carbocycles. The Balaban J connectivity index is 2.35. The van der Waals surface area contributed by atoms with Gasteiger partial charge in [0.1, 0.15) is 0 Å². The van der Waals surface area contributed by atoms with Crippen LogP contribution < -0.4 is 5.32 Å². The lowest BCUT2D eigenvalue weighted by Gasteiger charge is -2.33. The van der Waals surface area contributed by atoms with E-state index in [1.165, 1.54) is 0 Å². The van der Waals surface area contributed by atoms with Gasteiger partial charge in [-0.1, -0.05) is 59.3 Å². The van der Waals surface area contributed by atoms with Gasteiger partial charge in [0.2, 0.25) is 0 Å². The van der Waals surface area contributed by atoms with E-state index in [0.717, 1.165) is 22.1 Å². The summed E-state index contributed by atoms with van der Waals surface area (Å²) in [6, 6.07) is 18.1. The number of aliphatic hydroxyl groups is 1. The number of aliphatic hydroxyl groups excluding tert-OH is 1. The fraction of sp³-hybridized carbons (Fsp3) is 0.250. The van der Waals surface area contributed by atoms with Crippen molar-refractivity contribution in [2.75, 3.05) is 11.9 Å². The van der Waals surface area contributed by atoms with Crippen molar-refractivity contribution in [1.29, 1.82) is 0 Å². The minimum atomic E-state index is -0.442. The molecule has 1 atom stereocenters. The van der Waals surface area contributed by atoms with Crippen LogP contribution in [0.2, 0.25) is 0 Å². The first-order chi connectivity index (χ1) is 9.20. The van der Waals surface area contributed by atoms with Gasteiger partial charge in [0.15, 0.2) is 0 Å². The molecular weight excluding hydrogens is 302 g/mol. The summed E-state index contributed by atoms with van der Waals surface area (Å²) >= 11 is 3.47. The van der Waals surface area contributed by atoms with E-state index in [2.05, 4.69) is 28.2 Å². The summed E-state index contributed by atoms with van der Waals surface area (Å²) in [4.78, 5) is 0. The average Bonchev–Trinajstić information content (AvgIpc) is 2.46. The lowest BCUT2D eigenvalue weighted by molar-refractivity contribution is 0.207. The van der Waals surface area contributed by atoms with Gasteiger partial charge in [-0.05, 0) is 30.2 Å². The molecule has 0 heterocycles. The highest BCUT2D eigenvalue weighted by Gasteiger charge is 2.29. The molecule has 0 spiro atoms. The topological polar surface area (TPSA) is 32.3 Å². The third kappa shape index (κ3) is 3.17. The van der Waals surface area contributed by atoms with E-state index in [9.17, 15) is 5.11 Å². The van der Waals surface area contributed by atoms with Crippen LogP contribution in [0.15, 0.2) is 59.1 Å². The van der Waals surface area contributed by atoms with Crippen molar-refractivity contribution < 1.29 is 5.11 Å². The lowest BCUT2D eigenvalue weighted by Crippen LogP contribution is -2.38. The zero-order chi connectivity index (χ0) is 13.7. The Bertz CT molecular complexity index is 523. The molecule has 3 heteroatoms. The molecule has 0 aromatic heterocycles. The van der Waals surface area contributed by atoms with Crippen LogP contribution in [0.1, 0.15) is 18.9 Å². The predicted octanol–water partition coefficient (Wildman–Crippen LogP) is 4.16. The number of hydrogen-bond donors (Lipinski definition) is 2. The molecule has 100 valence electrons. The minimum absolute atomic E-state index is 0.0556. The molecule has 2 aromatic rings. The van der Waals surface area contributed by atoms with Crippen LogP contribution in [0.25, 0.3) is 0 Å². The molecule has 0 saturated heterocycles. The summed E-state index contributed by atoms with van der Waals surface area (Å²) in [6.07, 6.45) is 0.806. The number of nitrogens with one attached hydrogen (secondary N) is 1. The quantitative estimate of drug-likeness (QED) is 0.867. The second-order valence-corrected chi connectivity index (χ2v) is 5.51. The van der Waals surface area contributed by atoms with Gasteiger partial charge in [0.25, 0.3) is 0 Å². The molecule has 0 aliphatic carbocycles. The van der Waals surface area contributed by atoms with Gasteiger partial charge in [-0.25, -0.2) is 0 Å². The maximum atomic E-state index is 9.89. The Morgan fingerprint density at radius 2 is 1.84 bits per heavy atom. The SMILES string of the molecule is CCC(CO)(Nc1cccc(Br)c1)c1ccccc1. The molecule has 1 unspecified atom stereocenters. The van der Waals surface area contributed by atoms with Crippen LogP contribution in [0, 0.1) is 0 Å². The minimum Gasteiger partial charge on any atom is -0.394 e. The van der Waals surface area contributed by atoms with Crippen LogP contribution in [-0.4, -0.2) is 11.7 Å². The van der Waals surface area contributed by atoms with Crippen LogP contribution >= 0.6 is 15.9 Å². The van der Waals surface area contributed by atoms with Crippen molar-refractivity contribution in [1.82, 2.24) is 0 Å². The molecule has 2 N–H and O–H groups in total. The monoisotopic (exact) mass is 319 g/mol. The highest BCUT2D eigenvalue weighted by atomic mass is 79.9. The molecule has 0 aliphatic heterocycles. The fourth-order valence-corrected chi connectivity index (χ4v) is 2.61. The maximum Gasteiger partial charge on any atom is 0.0854 e. The van der Waals surface area contributed by atoms with Crippen molar-refractivity contribution in [2.24, 2.45) is 0 Å². The first kappa shape index (κ1) is 14.1. The summed E-state index contributed by atoms with van der Waals surface area (Å²) in [5, 5.41) is 13.4. The van der Waals surface area contributed by atoms with Crippen molar-refractivity contribution >= 4 is 21.6 Å². The molecule has 0 amide bonds. The first-order valence-corrected chi connectivity index (χ1v) is 7.19. The van der Waals surface area contributed by atoms with Crippen LogP contribution in [0.3, 0.4) is 0 Å². The summed E-state index contributed by atoms with van der Waals surface area (Å²) in [7, 11) is 0. The van der Waals surface area contributed by atoms with Crippen molar-refractivity contribution in [3.8, 4) is 0 Å². The van der Waals surface area contributed by atoms with Gasteiger partial charge in [-0.15, -0.1) is 0 Å². The van der Waals surface area contributed by atoms with E-state index >= 15 is 0 Å². The van der Waals surface area contributed by atoms with Crippen molar-refractivity contribution in [2.45, 2.75) is 18.9 Å². The Kier molecular flexibility index (Phi) is 4.61. The maximum absolute atomic E-state index is 9.89. The van der Waals surface area contributed by atoms with Crippen LogP contribution in [0.5, 0.6) is 0 Å². The number of anilines is 1. The molecule has 2 aromatic carbocycles. The molecule has 0 fully saturated rings. The van der Waals surface area contributed by atoms with E-state index in [4.69, 9.17) is 0 Å². The van der Waals surface area contributed by atoms with Gasteiger partial charge < -0.3 is 10.4 Å². The summed E-state index contributed by atoms with van der Waals surface area (Å²) in [5.41, 5.74) is 1.65. The number of benzene rings is 2. The molecule has 0 radical (unpaired) electrons. The van der Waals surface area contributed by atoms with Crippen molar-refractivity contribution in [3.05, 3.63) is 64.6 Å². The van der Waals surface area contributed by atoms with Crippen molar-refractivity contribution in [3.63, 3.8) is 0 Å². The molecule has 19 heavy (non-hydrogen) atoms. The van der Waals surface area contributed by atoms with Gasteiger partial charge in [0.05, 0.1) is 12.1 Å². The summed E-state index contributed by atoms with van der Waals surface area (Å²) in [6.45, 7) is 2.13. The van der Waals surface area contributed by atoms with E-state index in [1.807, 2.05) is 54.6 Å². The predicted molar refractivity (Wildman–Crippen MR) is 83.3 cm³/mol. The smallest absolute Gasteiger partial charge is 0.0854 e. The van der Waals surface area contributed by atoms with E-state index < -0.39 is 5.54 Å². The molecule has 2 nitrogen and oxygen atoms in total. The molecule has 2 rings (SSSR count). The fourth-order valence-electron chi connectivity index (χ4n) is 2.21. The zero-order valence-electron chi connectivity index (χ0n) is 10.9. The Labute approximate surface area is 122 Å². The van der Waals surface area contributed by atoms with Crippen LogP contribution in [0.4, 0.5) is 5.69 Å². The number of rotatable bonds is 5. The number of halogens is 1. The third-order valence-electron chi connectivity index (χ3n) is 3.41. The van der Waals surface area contributed by atoms with E-state index in [1.54, 1.807) is 0 Å². The van der Waals surface area contributed by atoms with Gasteiger partial charge in [0, 0.05) is 10.2 Å². The highest BCUT2D eigenvalue weighted by molar-refractivity contribution is 9.10. The van der Waals surface area contributed by atoms with Gasteiger partial charge >= 0.3 is 0 Å². The summed E-state index contributed by atoms with van der Waals surface area (Å²) < 4.78 is 1.02. The van der Waals surface area contributed by atoms with Gasteiger partial charge in [-0.3, -0.25) is 0 Å². The molecular formula is C16H18BrNO. The largest absolute Gasteiger partial charge is 0.394 e. The van der Waals surface area contributed by atoms with E-state index in [0.29, 0.717) is 0 Å². The standard InChI is InChI=1S/C16H18BrNO/c1-2-16(12-19,13-7-4-3-5-8-13)18-15-10-6-9-14(17)11-15/h3-11,18-19H,2,12H2,1H3. The normalized spacial score (nSPS) is 13.8. The van der Waals surface area contributed by atoms with Crippen LogP contribution in [-0.2, 0) is 5.54 Å². The number of hydrogen-bond acceptors (Lipinski definition) is 2. The Hall–Kier alpha value is -1.32. The summed E-state index contributed by atoms with van der Waals surface area (Å²) in [5.74, 6) is 0. The second-order valence-electron chi connectivity index (χ2n) is 4.60.